The third kappa shape index (κ3) is 3.56. The zero-order chi connectivity index (χ0) is 15.2. The number of nitrogens with zero attached hydrogens (tertiary/aromatic N) is 1. The Kier molecular flexibility index (Phi) is 4.50. The minimum Gasteiger partial charge on any atom is -0.349 e. The van der Waals surface area contributed by atoms with Gasteiger partial charge in [0.1, 0.15) is 0 Å². The maximum absolute atomic E-state index is 12.0. The van der Waals surface area contributed by atoms with Gasteiger partial charge in [-0.2, -0.15) is 5.10 Å². The quantitative estimate of drug-likeness (QED) is 0.733. The normalized spacial score (nSPS) is 9.95. The van der Waals surface area contributed by atoms with Gasteiger partial charge in [0.25, 0.3) is 11.8 Å². The number of rotatable bonds is 5. The molecule has 0 saturated carbocycles. The summed E-state index contributed by atoms with van der Waals surface area (Å²) in [5.74, 6) is -0.427. The van der Waals surface area contributed by atoms with Gasteiger partial charge >= 0.3 is 0 Å². The predicted octanol–water partition coefficient (Wildman–Crippen LogP) is 1.89. The largest absolute Gasteiger partial charge is 0.349 e. The highest BCUT2D eigenvalue weighted by atomic mass is 16.2. The lowest BCUT2D eigenvalue weighted by Gasteiger charge is -2.06. The summed E-state index contributed by atoms with van der Waals surface area (Å²) in [6.45, 7) is 5.72. The highest BCUT2D eigenvalue weighted by Gasteiger charge is 2.11. The van der Waals surface area contributed by atoms with E-state index in [2.05, 4.69) is 27.4 Å². The lowest BCUT2D eigenvalue weighted by Crippen LogP contribution is -2.23. The molecule has 108 valence electrons. The molecule has 0 spiro atoms. The van der Waals surface area contributed by atoms with Gasteiger partial charge < -0.3 is 10.6 Å². The van der Waals surface area contributed by atoms with Gasteiger partial charge in [0.05, 0.1) is 11.8 Å². The van der Waals surface area contributed by atoms with Gasteiger partial charge in [0, 0.05) is 23.5 Å². The van der Waals surface area contributed by atoms with Crippen molar-refractivity contribution in [1.29, 1.82) is 0 Å². The number of hydrogen-bond donors (Lipinski definition) is 3. The number of anilines is 1. The molecule has 0 radical (unpaired) electrons. The Hall–Kier alpha value is -2.89. The first-order valence-electron chi connectivity index (χ1n) is 6.42. The minimum atomic E-state index is -0.245. The summed E-state index contributed by atoms with van der Waals surface area (Å²) in [6, 6.07) is 6.65. The van der Waals surface area contributed by atoms with Gasteiger partial charge in [-0.05, 0) is 31.2 Å². The molecule has 2 rings (SSSR count). The fourth-order valence-corrected chi connectivity index (χ4v) is 1.75. The minimum absolute atomic E-state index is 0.182. The molecule has 6 heteroatoms. The van der Waals surface area contributed by atoms with Crippen molar-refractivity contribution >= 4 is 17.5 Å². The Labute approximate surface area is 122 Å². The van der Waals surface area contributed by atoms with Crippen molar-refractivity contribution in [2.75, 3.05) is 11.9 Å². The Morgan fingerprint density at radius 1 is 1.29 bits per heavy atom. The van der Waals surface area contributed by atoms with Crippen LogP contribution < -0.4 is 10.6 Å². The van der Waals surface area contributed by atoms with E-state index in [1.807, 2.05) is 0 Å². The highest BCUT2D eigenvalue weighted by molar-refractivity contribution is 6.05. The van der Waals surface area contributed by atoms with Crippen LogP contribution in [0.15, 0.2) is 43.1 Å². The summed E-state index contributed by atoms with van der Waals surface area (Å²) >= 11 is 0. The molecule has 1 heterocycles. The smallest absolute Gasteiger partial charge is 0.259 e. The van der Waals surface area contributed by atoms with E-state index < -0.39 is 0 Å². The predicted molar refractivity (Wildman–Crippen MR) is 80.3 cm³/mol. The van der Waals surface area contributed by atoms with Crippen LogP contribution in [0.2, 0.25) is 0 Å². The number of nitrogens with one attached hydrogen (secondary N) is 3. The fourth-order valence-electron chi connectivity index (χ4n) is 1.75. The highest BCUT2D eigenvalue weighted by Crippen LogP contribution is 2.12. The van der Waals surface area contributed by atoms with Crippen LogP contribution >= 0.6 is 0 Å². The number of amides is 2. The number of carbonyl (C=O) groups excluding carboxylic acids is 2. The van der Waals surface area contributed by atoms with Crippen LogP contribution in [0.3, 0.4) is 0 Å². The number of H-pyrrole nitrogens is 1. The van der Waals surface area contributed by atoms with E-state index >= 15 is 0 Å². The van der Waals surface area contributed by atoms with Gasteiger partial charge in [-0.3, -0.25) is 14.7 Å². The number of hydrogen-bond acceptors (Lipinski definition) is 3. The lowest BCUT2D eigenvalue weighted by atomic mass is 10.2. The second-order valence-corrected chi connectivity index (χ2v) is 4.44. The van der Waals surface area contributed by atoms with Crippen molar-refractivity contribution in [3.05, 3.63) is 59.9 Å². The topological polar surface area (TPSA) is 86.9 Å². The number of aromatic amines is 1. The molecule has 0 aliphatic heterocycles. The van der Waals surface area contributed by atoms with E-state index in [1.165, 1.54) is 6.20 Å². The molecule has 21 heavy (non-hydrogen) atoms. The SMILES string of the molecule is C=CCNC(=O)c1ccc(NC(=O)c2cn[nH]c2C)cc1. The Morgan fingerprint density at radius 3 is 2.57 bits per heavy atom. The molecule has 0 aliphatic rings. The van der Waals surface area contributed by atoms with E-state index in [1.54, 1.807) is 37.3 Å². The average Bonchev–Trinajstić information content (AvgIpc) is 2.91. The maximum atomic E-state index is 12.0. The molecule has 3 N–H and O–H groups in total. The number of benzene rings is 1. The average molecular weight is 284 g/mol. The van der Waals surface area contributed by atoms with Gasteiger partial charge in [0.2, 0.25) is 0 Å². The van der Waals surface area contributed by atoms with E-state index in [9.17, 15) is 9.59 Å². The standard InChI is InChI=1S/C15H16N4O2/c1-3-8-16-14(20)11-4-6-12(7-5-11)18-15(21)13-9-17-19-10(13)2/h3-7,9H,1,8H2,2H3,(H,16,20)(H,17,19)(H,18,21). The van der Waals surface area contributed by atoms with E-state index in [0.29, 0.717) is 29.1 Å². The lowest BCUT2D eigenvalue weighted by molar-refractivity contribution is 0.0957. The molecule has 2 aromatic rings. The van der Waals surface area contributed by atoms with Crippen molar-refractivity contribution in [3.63, 3.8) is 0 Å². The summed E-state index contributed by atoms with van der Waals surface area (Å²) in [5.41, 5.74) is 2.32. The second kappa shape index (κ2) is 6.51. The molecule has 0 fully saturated rings. The van der Waals surface area contributed by atoms with Crippen LogP contribution in [-0.2, 0) is 0 Å². The van der Waals surface area contributed by atoms with Gasteiger partial charge in [-0.25, -0.2) is 0 Å². The summed E-state index contributed by atoms with van der Waals surface area (Å²) in [7, 11) is 0. The maximum Gasteiger partial charge on any atom is 0.259 e. The molecule has 0 atom stereocenters. The van der Waals surface area contributed by atoms with Crippen molar-refractivity contribution < 1.29 is 9.59 Å². The number of aryl methyl sites for hydroxylation is 1. The third-order valence-corrected chi connectivity index (χ3v) is 2.89. The molecule has 0 unspecified atom stereocenters. The van der Waals surface area contributed by atoms with Gasteiger partial charge in [0.15, 0.2) is 0 Å². The van der Waals surface area contributed by atoms with E-state index in [0.717, 1.165) is 0 Å². The third-order valence-electron chi connectivity index (χ3n) is 2.89. The van der Waals surface area contributed by atoms with Crippen molar-refractivity contribution in [2.45, 2.75) is 6.92 Å². The molecule has 0 saturated heterocycles. The first-order valence-corrected chi connectivity index (χ1v) is 6.42. The summed E-state index contributed by atoms with van der Waals surface area (Å²) in [6.07, 6.45) is 3.08. The van der Waals surface area contributed by atoms with Crippen LogP contribution in [0.25, 0.3) is 0 Å². The molecular weight excluding hydrogens is 268 g/mol. The van der Waals surface area contributed by atoms with Crippen LogP contribution in [0.1, 0.15) is 26.4 Å². The zero-order valence-electron chi connectivity index (χ0n) is 11.6. The molecule has 0 aliphatic carbocycles. The Morgan fingerprint density at radius 2 is 2.00 bits per heavy atom. The summed E-state index contributed by atoms with van der Waals surface area (Å²) in [4.78, 5) is 23.7. The summed E-state index contributed by atoms with van der Waals surface area (Å²) < 4.78 is 0. The molecule has 1 aromatic heterocycles. The number of aromatic nitrogens is 2. The molecule has 2 amide bonds. The van der Waals surface area contributed by atoms with Crippen LogP contribution in [0.4, 0.5) is 5.69 Å². The second-order valence-electron chi connectivity index (χ2n) is 4.44. The first-order chi connectivity index (χ1) is 10.1. The molecule has 1 aromatic carbocycles. The number of carbonyl (C=O) groups is 2. The molecular formula is C15H16N4O2. The molecule has 6 nitrogen and oxygen atoms in total. The van der Waals surface area contributed by atoms with E-state index in [-0.39, 0.29) is 11.8 Å². The molecule has 0 bridgehead atoms. The first kappa shape index (κ1) is 14.5. The van der Waals surface area contributed by atoms with Gasteiger partial charge in [-0.15, -0.1) is 6.58 Å². The van der Waals surface area contributed by atoms with Crippen molar-refractivity contribution in [2.24, 2.45) is 0 Å². The van der Waals surface area contributed by atoms with Crippen LogP contribution in [-0.4, -0.2) is 28.6 Å². The zero-order valence-corrected chi connectivity index (χ0v) is 11.6. The van der Waals surface area contributed by atoms with Crippen LogP contribution in [0, 0.1) is 6.92 Å². The van der Waals surface area contributed by atoms with Crippen LogP contribution in [0.5, 0.6) is 0 Å². The Balaban J connectivity index is 2.02. The fraction of sp³-hybridized carbons (Fsp3) is 0.133. The Bertz CT molecular complexity index is 659. The van der Waals surface area contributed by atoms with Crippen molar-refractivity contribution in [3.8, 4) is 0 Å². The van der Waals surface area contributed by atoms with Crippen molar-refractivity contribution in [1.82, 2.24) is 15.5 Å². The summed E-state index contributed by atoms with van der Waals surface area (Å²) in [5, 5.41) is 11.9. The van der Waals surface area contributed by atoms with Gasteiger partial charge in [-0.1, -0.05) is 6.08 Å². The van der Waals surface area contributed by atoms with E-state index in [4.69, 9.17) is 0 Å². The monoisotopic (exact) mass is 284 g/mol.